The predicted molar refractivity (Wildman–Crippen MR) is 61.5 cm³/mol. The molecule has 1 rings (SSSR count). The first-order valence-electron chi connectivity index (χ1n) is 5.14. The Hall–Kier alpha value is -0.830. The minimum absolute atomic E-state index is 0.349. The summed E-state index contributed by atoms with van der Waals surface area (Å²) in [5.74, 6) is 1.06. The van der Waals surface area contributed by atoms with E-state index in [1.807, 2.05) is 13.8 Å². The number of halogens is 1. The maximum absolute atomic E-state index is 5.92. The lowest BCUT2D eigenvalue weighted by Crippen LogP contribution is -2.05. The molecule has 0 spiro atoms. The summed E-state index contributed by atoms with van der Waals surface area (Å²) < 4.78 is 5.48. The van der Waals surface area contributed by atoms with Gasteiger partial charge in [-0.1, -0.05) is 25.4 Å². The van der Waals surface area contributed by atoms with Crippen molar-refractivity contribution in [2.45, 2.75) is 34.1 Å². The molecule has 0 radical (unpaired) electrons. The van der Waals surface area contributed by atoms with Crippen LogP contribution in [-0.4, -0.2) is 16.6 Å². The van der Waals surface area contributed by atoms with Crippen molar-refractivity contribution in [3.63, 3.8) is 0 Å². The van der Waals surface area contributed by atoms with Crippen LogP contribution >= 0.6 is 11.6 Å². The second-order valence-electron chi connectivity index (χ2n) is 4.02. The lowest BCUT2D eigenvalue weighted by Gasteiger charge is -2.09. The zero-order valence-corrected chi connectivity index (χ0v) is 10.4. The summed E-state index contributed by atoms with van der Waals surface area (Å²) in [6.45, 7) is 8.71. The van der Waals surface area contributed by atoms with Crippen LogP contribution in [0.15, 0.2) is 0 Å². The van der Waals surface area contributed by atoms with Crippen molar-refractivity contribution >= 4 is 11.6 Å². The van der Waals surface area contributed by atoms with Crippen molar-refractivity contribution in [2.75, 3.05) is 6.61 Å². The molecule has 0 bridgehead atoms. The first kappa shape index (κ1) is 12.2. The van der Waals surface area contributed by atoms with Crippen molar-refractivity contribution in [1.82, 2.24) is 9.97 Å². The number of ether oxygens (including phenoxy) is 1. The molecule has 4 heteroatoms. The first-order chi connectivity index (χ1) is 7.00. The third-order valence-electron chi connectivity index (χ3n) is 2.17. The van der Waals surface area contributed by atoms with Gasteiger partial charge in [-0.2, -0.15) is 0 Å². The number of rotatable bonds is 4. The third-order valence-corrected chi connectivity index (χ3v) is 2.42. The van der Waals surface area contributed by atoms with Crippen molar-refractivity contribution < 1.29 is 4.74 Å². The van der Waals surface area contributed by atoms with Crippen LogP contribution in [0.4, 0.5) is 0 Å². The lowest BCUT2D eigenvalue weighted by atomic mass is 10.1. The van der Waals surface area contributed by atoms with Gasteiger partial charge >= 0.3 is 0 Å². The van der Waals surface area contributed by atoms with Crippen LogP contribution in [0.3, 0.4) is 0 Å². The summed E-state index contributed by atoms with van der Waals surface area (Å²) in [7, 11) is 0. The number of nitrogens with zero attached hydrogens (tertiary/aromatic N) is 2. The molecule has 0 aliphatic heterocycles. The summed E-state index contributed by atoms with van der Waals surface area (Å²) in [5.41, 5.74) is 1.70. The van der Waals surface area contributed by atoms with Gasteiger partial charge in [0.15, 0.2) is 5.15 Å². The van der Waals surface area contributed by atoms with Crippen LogP contribution in [0.2, 0.25) is 5.15 Å². The Morgan fingerprint density at radius 3 is 2.40 bits per heavy atom. The minimum Gasteiger partial charge on any atom is -0.475 e. The molecule has 0 saturated heterocycles. The summed E-state index contributed by atoms with van der Waals surface area (Å²) in [5, 5.41) is 0.349. The van der Waals surface area contributed by atoms with Crippen LogP contribution in [0.25, 0.3) is 0 Å². The Morgan fingerprint density at radius 1 is 1.20 bits per heavy atom. The van der Waals surface area contributed by atoms with Crippen LogP contribution < -0.4 is 4.74 Å². The van der Waals surface area contributed by atoms with Gasteiger partial charge in [-0.25, -0.2) is 9.97 Å². The average molecular weight is 229 g/mol. The normalized spacial score (nSPS) is 10.8. The Labute approximate surface area is 95.8 Å². The molecule has 84 valence electrons. The smallest absolute Gasteiger partial charge is 0.252 e. The average Bonchev–Trinajstić information content (AvgIpc) is 2.13. The van der Waals surface area contributed by atoms with E-state index in [4.69, 9.17) is 16.3 Å². The molecule has 1 aromatic rings. The van der Waals surface area contributed by atoms with Gasteiger partial charge in [0.25, 0.3) is 5.88 Å². The molecule has 0 aromatic carbocycles. The fourth-order valence-electron chi connectivity index (χ4n) is 1.04. The molecule has 3 nitrogen and oxygen atoms in total. The van der Waals surface area contributed by atoms with E-state index >= 15 is 0 Å². The van der Waals surface area contributed by atoms with Crippen LogP contribution in [0.1, 0.15) is 31.7 Å². The third kappa shape index (κ3) is 3.67. The van der Waals surface area contributed by atoms with Crippen LogP contribution in [-0.2, 0) is 0 Å². The summed E-state index contributed by atoms with van der Waals surface area (Å²) in [6.07, 6.45) is 0.991. The summed E-state index contributed by atoms with van der Waals surface area (Å²) in [4.78, 5) is 8.40. The van der Waals surface area contributed by atoms with E-state index in [0.29, 0.717) is 23.6 Å². The molecule has 0 atom stereocenters. The molecule has 1 aromatic heterocycles. The van der Waals surface area contributed by atoms with E-state index in [-0.39, 0.29) is 0 Å². The van der Waals surface area contributed by atoms with Crippen molar-refractivity contribution in [3.05, 3.63) is 16.5 Å². The second kappa shape index (κ2) is 5.31. The minimum atomic E-state index is 0.349. The molecular weight excluding hydrogens is 212 g/mol. The van der Waals surface area contributed by atoms with Gasteiger partial charge < -0.3 is 4.74 Å². The number of hydrogen-bond acceptors (Lipinski definition) is 3. The Bertz CT molecular complexity index is 340. The van der Waals surface area contributed by atoms with E-state index in [9.17, 15) is 0 Å². The highest BCUT2D eigenvalue weighted by Gasteiger charge is 2.08. The first-order valence-corrected chi connectivity index (χ1v) is 5.52. The molecule has 0 aliphatic carbocycles. The van der Waals surface area contributed by atoms with E-state index in [1.165, 1.54) is 0 Å². The highest BCUT2D eigenvalue weighted by atomic mass is 35.5. The maximum Gasteiger partial charge on any atom is 0.252 e. The molecule has 0 N–H and O–H groups in total. The highest BCUT2D eigenvalue weighted by molar-refractivity contribution is 6.30. The lowest BCUT2D eigenvalue weighted by molar-refractivity contribution is 0.278. The summed E-state index contributed by atoms with van der Waals surface area (Å²) >= 11 is 5.92. The van der Waals surface area contributed by atoms with Crippen molar-refractivity contribution in [3.8, 4) is 5.88 Å². The quantitative estimate of drug-likeness (QED) is 0.794. The Morgan fingerprint density at radius 2 is 1.80 bits per heavy atom. The molecule has 0 fully saturated rings. The van der Waals surface area contributed by atoms with Crippen LogP contribution in [0, 0.1) is 19.8 Å². The molecular formula is C11H17ClN2O. The monoisotopic (exact) mass is 228 g/mol. The standard InChI is InChI=1S/C11H17ClN2O/c1-7(2)5-6-15-11-10(12)13-8(3)9(4)14-11/h7H,5-6H2,1-4H3. The molecule has 0 amide bonds. The van der Waals surface area contributed by atoms with E-state index in [2.05, 4.69) is 23.8 Å². The van der Waals surface area contributed by atoms with E-state index in [1.54, 1.807) is 0 Å². The van der Waals surface area contributed by atoms with Gasteiger partial charge in [0, 0.05) is 0 Å². The van der Waals surface area contributed by atoms with Gasteiger partial charge in [-0.05, 0) is 26.2 Å². The fraction of sp³-hybridized carbons (Fsp3) is 0.636. The van der Waals surface area contributed by atoms with Gasteiger partial charge in [0.1, 0.15) is 0 Å². The van der Waals surface area contributed by atoms with E-state index in [0.717, 1.165) is 17.8 Å². The molecule has 0 aliphatic rings. The zero-order valence-electron chi connectivity index (χ0n) is 9.67. The van der Waals surface area contributed by atoms with Crippen molar-refractivity contribution in [2.24, 2.45) is 5.92 Å². The van der Waals surface area contributed by atoms with Gasteiger partial charge in [-0.15, -0.1) is 0 Å². The molecule has 0 saturated carbocycles. The Kier molecular flexibility index (Phi) is 4.33. The van der Waals surface area contributed by atoms with Gasteiger partial charge in [0.2, 0.25) is 0 Å². The largest absolute Gasteiger partial charge is 0.475 e. The second-order valence-corrected chi connectivity index (χ2v) is 4.38. The fourth-order valence-corrected chi connectivity index (χ4v) is 1.26. The highest BCUT2D eigenvalue weighted by Crippen LogP contribution is 2.21. The van der Waals surface area contributed by atoms with Gasteiger partial charge in [0.05, 0.1) is 18.0 Å². The number of aromatic nitrogens is 2. The van der Waals surface area contributed by atoms with E-state index < -0.39 is 0 Å². The molecule has 1 heterocycles. The SMILES string of the molecule is Cc1nc(Cl)c(OCCC(C)C)nc1C. The molecule has 15 heavy (non-hydrogen) atoms. The van der Waals surface area contributed by atoms with Gasteiger partial charge in [-0.3, -0.25) is 0 Å². The summed E-state index contributed by atoms with van der Waals surface area (Å²) in [6, 6.07) is 0. The number of aryl methyl sites for hydroxylation is 2. The Balaban J connectivity index is 2.65. The molecule has 0 unspecified atom stereocenters. The van der Waals surface area contributed by atoms with Crippen molar-refractivity contribution in [1.29, 1.82) is 0 Å². The van der Waals surface area contributed by atoms with Crippen LogP contribution in [0.5, 0.6) is 5.88 Å². The number of hydrogen-bond donors (Lipinski definition) is 0. The topological polar surface area (TPSA) is 35.0 Å². The zero-order chi connectivity index (χ0) is 11.4. The predicted octanol–water partition coefficient (Wildman–Crippen LogP) is 3.17. The maximum atomic E-state index is 5.92.